The minimum atomic E-state index is -0.618. The maximum absolute atomic E-state index is 12.2. The fourth-order valence-corrected chi connectivity index (χ4v) is 2.42. The quantitative estimate of drug-likeness (QED) is 0.724. The molecule has 2 rings (SSSR count). The minimum absolute atomic E-state index is 0.0170. The molecule has 0 saturated heterocycles. The largest absolute Gasteiger partial charge is 0.326 e. The minimum Gasteiger partial charge on any atom is -0.326 e. The van der Waals surface area contributed by atoms with Crippen LogP contribution < -0.4 is 16.4 Å². The van der Waals surface area contributed by atoms with Crippen molar-refractivity contribution in [2.24, 2.45) is 11.7 Å². The van der Waals surface area contributed by atoms with Crippen molar-refractivity contribution in [3.05, 3.63) is 60.2 Å². The molecule has 0 radical (unpaired) electrons. The van der Waals surface area contributed by atoms with Gasteiger partial charge in [-0.2, -0.15) is 0 Å². The number of carbonyl (C=O) groups excluding carboxylic acids is 2. The van der Waals surface area contributed by atoms with Gasteiger partial charge in [-0.15, -0.1) is 0 Å². The van der Waals surface area contributed by atoms with E-state index in [0.29, 0.717) is 30.1 Å². The van der Waals surface area contributed by atoms with E-state index < -0.39 is 6.04 Å². The lowest BCUT2D eigenvalue weighted by atomic mass is 10.1. The lowest BCUT2D eigenvalue weighted by molar-refractivity contribution is -0.118. The SMILES string of the molecule is CC(C)CC(=O)Nc1ccc(NC(=O)C(N)Cc2ccccc2)cc1. The number of nitrogens with two attached hydrogens (primary N) is 1. The molecule has 0 fully saturated rings. The molecule has 2 aromatic carbocycles. The molecule has 0 aromatic heterocycles. The fraction of sp³-hybridized carbons (Fsp3) is 0.300. The molecule has 132 valence electrons. The summed E-state index contributed by atoms with van der Waals surface area (Å²) in [6, 6.07) is 16.1. The van der Waals surface area contributed by atoms with Crippen LogP contribution in [0.25, 0.3) is 0 Å². The number of anilines is 2. The third-order valence-corrected chi connectivity index (χ3v) is 3.67. The summed E-state index contributed by atoms with van der Waals surface area (Å²) in [7, 11) is 0. The van der Waals surface area contributed by atoms with Gasteiger partial charge in [0.15, 0.2) is 0 Å². The Morgan fingerprint density at radius 3 is 2.04 bits per heavy atom. The highest BCUT2D eigenvalue weighted by molar-refractivity contribution is 5.95. The van der Waals surface area contributed by atoms with Crippen LogP contribution in [0.3, 0.4) is 0 Å². The summed E-state index contributed by atoms with van der Waals surface area (Å²) < 4.78 is 0. The van der Waals surface area contributed by atoms with E-state index in [-0.39, 0.29) is 11.8 Å². The van der Waals surface area contributed by atoms with E-state index in [1.54, 1.807) is 24.3 Å². The normalized spacial score (nSPS) is 11.8. The monoisotopic (exact) mass is 339 g/mol. The molecule has 5 nitrogen and oxygen atoms in total. The van der Waals surface area contributed by atoms with Crippen LogP contribution in [0.15, 0.2) is 54.6 Å². The number of hydrogen-bond donors (Lipinski definition) is 3. The molecule has 4 N–H and O–H groups in total. The second-order valence-corrected chi connectivity index (χ2v) is 6.51. The Labute approximate surface area is 148 Å². The van der Waals surface area contributed by atoms with Gasteiger partial charge >= 0.3 is 0 Å². The van der Waals surface area contributed by atoms with E-state index >= 15 is 0 Å². The molecular formula is C20H25N3O2. The molecule has 0 aliphatic carbocycles. The van der Waals surface area contributed by atoms with Crippen molar-refractivity contribution in [1.82, 2.24) is 0 Å². The molecule has 1 unspecified atom stereocenters. The molecule has 0 spiro atoms. The smallest absolute Gasteiger partial charge is 0.241 e. The lowest BCUT2D eigenvalue weighted by Gasteiger charge is -2.13. The summed E-state index contributed by atoms with van der Waals surface area (Å²) in [6.07, 6.45) is 0.961. The van der Waals surface area contributed by atoms with Crippen molar-refractivity contribution >= 4 is 23.2 Å². The van der Waals surface area contributed by atoms with E-state index in [2.05, 4.69) is 10.6 Å². The zero-order valence-corrected chi connectivity index (χ0v) is 14.7. The molecule has 0 bridgehead atoms. The summed E-state index contributed by atoms with van der Waals surface area (Å²) in [5, 5.41) is 5.63. The Morgan fingerprint density at radius 1 is 0.920 bits per heavy atom. The van der Waals surface area contributed by atoms with Crippen LogP contribution >= 0.6 is 0 Å². The number of benzene rings is 2. The van der Waals surface area contributed by atoms with Crippen LogP contribution in [-0.2, 0) is 16.0 Å². The number of rotatable bonds is 7. The first-order valence-corrected chi connectivity index (χ1v) is 8.44. The predicted octanol–water partition coefficient (Wildman–Crippen LogP) is 3.18. The maximum Gasteiger partial charge on any atom is 0.241 e. The zero-order valence-electron chi connectivity index (χ0n) is 14.7. The Kier molecular flexibility index (Phi) is 6.71. The van der Waals surface area contributed by atoms with Gasteiger partial charge in [0.2, 0.25) is 11.8 Å². The van der Waals surface area contributed by atoms with Crippen LogP contribution in [0.4, 0.5) is 11.4 Å². The zero-order chi connectivity index (χ0) is 18.2. The third-order valence-electron chi connectivity index (χ3n) is 3.67. The number of amides is 2. The molecule has 0 saturated carbocycles. The summed E-state index contributed by atoms with van der Waals surface area (Å²) in [5.74, 6) is 0.0572. The van der Waals surface area contributed by atoms with E-state index in [1.807, 2.05) is 44.2 Å². The molecule has 5 heteroatoms. The van der Waals surface area contributed by atoms with E-state index in [1.165, 1.54) is 0 Å². The van der Waals surface area contributed by atoms with Crippen molar-refractivity contribution in [2.75, 3.05) is 10.6 Å². The Hall–Kier alpha value is -2.66. The summed E-state index contributed by atoms with van der Waals surface area (Å²) in [6.45, 7) is 3.99. The highest BCUT2D eigenvalue weighted by Crippen LogP contribution is 2.15. The van der Waals surface area contributed by atoms with Crippen LogP contribution in [-0.4, -0.2) is 17.9 Å². The lowest BCUT2D eigenvalue weighted by Crippen LogP contribution is -2.37. The van der Waals surface area contributed by atoms with Crippen LogP contribution in [0.2, 0.25) is 0 Å². The first-order valence-electron chi connectivity index (χ1n) is 8.44. The van der Waals surface area contributed by atoms with Crippen molar-refractivity contribution in [2.45, 2.75) is 32.7 Å². The fourth-order valence-electron chi connectivity index (χ4n) is 2.42. The Balaban J connectivity index is 1.87. The summed E-state index contributed by atoms with van der Waals surface area (Å²) in [4.78, 5) is 23.9. The van der Waals surface area contributed by atoms with Gasteiger partial charge in [-0.05, 0) is 42.2 Å². The molecule has 2 amide bonds. The summed E-state index contributed by atoms with van der Waals surface area (Å²) >= 11 is 0. The predicted molar refractivity (Wildman–Crippen MR) is 101 cm³/mol. The van der Waals surface area contributed by atoms with Crippen LogP contribution in [0.5, 0.6) is 0 Å². The molecule has 0 heterocycles. The van der Waals surface area contributed by atoms with Gasteiger partial charge in [0.25, 0.3) is 0 Å². The van der Waals surface area contributed by atoms with E-state index in [4.69, 9.17) is 5.73 Å². The van der Waals surface area contributed by atoms with Crippen molar-refractivity contribution in [3.8, 4) is 0 Å². The van der Waals surface area contributed by atoms with Gasteiger partial charge in [0.1, 0.15) is 0 Å². The molecule has 0 aliphatic heterocycles. The Bertz CT molecular complexity index is 697. The molecule has 0 aliphatic rings. The molecule has 1 atom stereocenters. The van der Waals surface area contributed by atoms with Crippen molar-refractivity contribution in [3.63, 3.8) is 0 Å². The first kappa shape index (κ1) is 18.7. The molecular weight excluding hydrogens is 314 g/mol. The van der Waals surface area contributed by atoms with Crippen LogP contribution in [0.1, 0.15) is 25.8 Å². The number of hydrogen-bond acceptors (Lipinski definition) is 3. The standard InChI is InChI=1S/C20H25N3O2/c1-14(2)12-19(24)22-16-8-10-17(11-9-16)23-20(25)18(21)13-15-6-4-3-5-7-15/h3-11,14,18H,12-13,21H2,1-2H3,(H,22,24)(H,23,25). The van der Waals surface area contributed by atoms with Gasteiger partial charge in [0.05, 0.1) is 6.04 Å². The average molecular weight is 339 g/mol. The third kappa shape index (κ3) is 6.39. The van der Waals surface area contributed by atoms with Gasteiger partial charge < -0.3 is 16.4 Å². The van der Waals surface area contributed by atoms with Gasteiger partial charge in [0, 0.05) is 17.8 Å². The summed E-state index contributed by atoms with van der Waals surface area (Å²) in [5.41, 5.74) is 8.35. The van der Waals surface area contributed by atoms with Gasteiger partial charge in [-0.1, -0.05) is 44.2 Å². The van der Waals surface area contributed by atoms with Crippen LogP contribution in [0, 0.1) is 5.92 Å². The van der Waals surface area contributed by atoms with E-state index in [0.717, 1.165) is 5.56 Å². The van der Waals surface area contributed by atoms with Crippen molar-refractivity contribution < 1.29 is 9.59 Å². The van der Waals surface area contributed by atoms with E-state index in [9.17, 15) is 9.59 Å². The topological polar surface area (TPSA) is 84.2 Å². The second kappa shape index (κ2) is 8.99. The van der Waals surface area contributed by atoms with Crippen molar-refractivity contribution in [1.29, 1.82) is 0 Å². The van der Waals surface area contributed by atoms with Gasteiger partial charge in [-0.3, -0.25) is 9.59 Å². The number of carbonyl (C=O) groups is 2. The first-order chi connectivity index (χ1) is 11.9. The van der Waals surface area contributed by atoms with Gasteiger partial charge in [-0.25, -0.2) is 0 Å². The number of nitrogens with one attached hydrogen (secondary N) is 2. The maximum atomic E-state index is 12.2. The molecule has 25 heavy (non-hydrogen) atoms. The highest BCUT2D eigenvalue weighted by Gasteiger charge is 2.14. The Morgan fingerprint density at radius 2 is 1.48 bits per heavy atom. The average Bonchev–Trinajstić information content (AvgIpc) is 2.56. The molecule has 2 aromatic rings. The highest BCUT2D eigenvalue weighted by atomic mass is 16.2. The second-order valence-electron chi connectivity index (χ2n) is 6.51.